The summed E-state index contributed by atoms with van der Waals surface area (Å²) in [5, 5.41) is 3.49. The molecule has 1 fully saturated rings. The minimum atomic E-state index is 0.838. The highest BCUT2D eigenvalue weighted by atomic mass is 15.0. The van der Waals surface area contributed by atoms with Crippen molar-refractivity contribution in [2.45, 2.75) is 32.2 Å². The van der Waals surface area contributed by atoms with Crippen LogP contribution in [0.1, 0.15) is 26.2 Å². The van der Waals surface area contributed by atoms with Crippen LogP contribution in [0, 0.1) is 5.92 Å². The lowest BCUT2D eigenvalue weighted by molar-refractivity contribution is 0.626. The van der Waals surface area contributed by atoms with E-state index in [1.807, 2.05) is 6.08 Å². The van der Waals surface area contributed by atoms with Crippen molar-refractivity contribution in [3.8, 4) is 0 Å². The normalized spacial score (nSPS) is 30.1. The number of nitrogens with one attached hydrogen (secondary N) is 1. The molecule has 1 aliphatic rings. The van der Waals surface area contributed by atoms with Crippen molar-refractivity contribution in [2.24, 2.45) is 5.92 Å². The fraction of sp³-hybridized carbons (Fsp3) is 0.778. The Morgan fingerprint density at radius 3 is 2.90 bits per heavy atom. The van der Waals surface area contributed by atoms with Gasteiger partial charge >= 0.3 is 0 Å². The monoisotopic (exact) mass is 139 g/mol. The molecule has 58 valence electrons. The molecule has 0 aromatic carbocycles. The van der Waals surface area contributed by atoms with Gasteiger partial charge in [0.15, 0.2) is 0 Å². The summed E-state index contributed by atoms with van der Waals surface area (Å²) in [5.41, 5.74) is 0. The van der Waals surface area contributed by atoms with E-state index in [9.17, 15) is 0 Å². The Kier molecular flexibility index (Phi) is 2.94. The number of hydrogen-bond acceptors (Lipinski definition) is 1. The quantitative estimate of drug-likeness (QED) is 0.453. The van der Waals surface area contributed by atoms with Crippen molar-refractivity contribution < 1.29 is 0 Å². The van der Waals surface area contributed by atoms with Crippen LogP contribution in [0.2, 0.25) is 0 Å². The fourth-order valence-electron chi connectivity index (χ4n) is 1.14. The largest absolute Gasteiger partial charge is 0.314 e. The molecule has 1 unspecified atom stereocenters. The van der Waals surface area contributed by atoms with E-state index in [1.165, 1.54) is 19.4 Å². The van der Waals surface area contributed by atoms with Crippen molar-refractivity contribution in [2.75, 3.05) is 6.54 Å². The van der Waals surface area contributed by atoms with Gasteiger partial charge in [-0.05, 0) is 31.7 Å². The second-order valence-corrected chi connectivity index (χ2v) is 3.20. The summed E-state index contributed by atoms with van der Waals surface area (Å²) in [7, 11) is 0. The van der Waals surface area contributed by atoms with E-state index in [1.54, 1.807) is 0 Å². The molecule has 0 amide bonds. The van der Waals surface area contributed by atoms with Crippen LogP contribution in [0.3, 0.4) is 0 Å². The third-order valence-electron chi connectivity index (χ3n) is 2.10. The van der Waals surface area contributed by atoms with Crippen LogP contribution in [0.25, 0.3) is 0 Å². The van der Waals surface area contributed by atoms with Crippen molar-refractivity contribution in [1.29, 1.82) is 0 Å². The van der Waals surface area contributed by atoms with Crippen LogP contribution < -0.4 is 5.32 Å². The minimum Gasteiger partial charge on any atom is -0.314 e. The maximum Gasteiger partial charge on any atom is 0.00963 e. The van der Waals surface area contributed by atoms with Crippen molar-refractivity contribution in [3.63, 3.8) is 0 Å². The van der Waals surface area contributed by atoms with Crippen LogP contribution in [0.15, 0.2) is 12.7 Å². The summed E-state index contributed by atoms with van der Waals surface area (Å²) in [4.78, 5) is 0. The van der Waals surface area contributed by atoms with E-state index in [-0.39, 0.29) is 0 Å². The Labute approximate surface area is 63.5 Å². The summed E-state index contributed by atoms with van der Waals surface area (Å²) >= 11 is 0. The number of allylic oxidation sites excluding steroid dienone is 1. The maximum absolute atomic E-state index is 3.68. The molecule has 0 saturated heterocycles. The Balaban J connectivity index is 1.82. The molecule has 0 aromatic rings. The van der Waals surface area contributed by atoms with Gasteiger partial charge < -0.3 is 5.32 Å². The molecule has 1 rings (SSSR count). The highest BCUT2D eigenvalue weighted by Crippen LogP contribution is 2.28. The lowest BCUT2D eigenvalue weighted by Crippen LogP contribution is -2.18. The van der Waals surface area contributed by atoms with Gasteiger partial charge in [-0.1, -0.05) is 13.0 Å². The van der Waals surface area contributed by atoms with Gasteiger partial charge in [0.25, 0.3) is 0 Å². The smallest absolute Gasteiger partial charge is 0.00963 e. The molecule has 0 bridgehead atoms. The Bertz CT molecular complexity index is 109. The first-order valence-electron chi connectivity index (χ1n) is 4.19. The minimum absolute atomic E-state index is 0.838. The molecule has 0 heterocycles. The fourth-order valence-corrected chi connectivity index (χ4v) is 1.14. The van der Waals surface area contributed by atoms with E-state index < -0.39 is 0 Å². The topological polar surface area (TPSA) is 12.0 Å². The average molecular weight is 139 g/mol. The number of unbranched alkanes of at least 4 members (excludes halogenated alkanes) is 1. The highest BCUT2D eigenvalue weighted by molar-refractivity contribution is 4.89. The summed E-state index contributed by atoms with van der Waals surface area (Å²) in [6.45, 7) is 7.14. The third-order valence-corrected chi connectivity index (χ3v) is 2.10. The second-order valence-electron chi connectivity index (χ2n) is 3.20. The van der Waals surface area contributed by atoms with Crippen molar-refractivity contribution >= 4 is 0 Å². The van der Waals surface area contributed by atoms with E-state index in [0.717, 1.165) is 18.4 Å². The van der Waals surface area contributed by atoms with Crippen LogP contribution in [0.5, 0.6) is 0 Å². The predicted octanol–water partition coefficient (Wildman–Crippen LogP) is 1.95. The Morgan fingerprint density at radius 2 is 2.40 bits per heavy atom. The third kappa shape index (κ3) is 2.53. The zero-order valence-corrected chi connectivity index (χ0v) is 6.77. The van der Waals surface area contributed by atoms with Crippen LogP contribution in [-0.2, 0) is 0 Å². The van der Waals surface area contributed by atoms with Gasteiger partial charge in [0.2, 0.25) is 0 Å². The lowest BCUT2D eigenvalue weighted by atomic mass is 10.3. The molecular weight excluding hydrogens is 122 g/mol. The van der Waals surface area contributed by atoms with E-state index in [2.05, 4.69) is 18.8 Å². The van der Waals surface area contributed by atoms with Gasteiger partial charge in [0.05, 0.1) is 0 Å². The van der Waals surface area contributed by atoms with Crippen LogP contribution in [0.4, 0.5) is 0 Å². The van der Waals surface area contributed by atoms with Crippen molar-refractivity contribution in [3.05, 3.63) is 12.7 Å². The first kappa shape index (κ1) is 7.80. The SMILES string of the molecule is C=CCCCN[C@@H]1CC1C. The summed E-state index contributed by atoms with van der Waals surface area (Å²) in [6, 6.07) is 0.838. The van der Waals surface area contributed by atoms with Gasteiger partial charge in [-0.25, -0.2) is 0 Å². The molecule has 0 aromatic heterocycles. The molecule has 0 spiro atoms. The summed E-state index contributed by atoms with van der Waals surface area (Å²) in [5.74, 6) is 0.934. The lowest BCUT2D eigenvalue weighted by Gasteiger charge is -1.99. The molecular formula is C9H17N. The standard InChI is InChI=1S/C9H17N/c1-3-4-5-6-10-9-7-8(9)2/h3,8-10H,1,4-7H2,2H3/t8?,9-/m1/s1. The Morgan fingerprint density at radius 1 is 1.70 bits per heavy atom. The van der Waals surface area contributed by atoms with E-state index in [4.69, 9.17) is 0 Å². The summed E-state index contributed by atoms with van der Waals surface area (Å²) < 4.78 is 0. The average Bonchev–Trinajstić information content (AvgIpc) is 2.60. The first-order chi connectivity index (χ1) is 4.84. The second kappa shape index (κ2) is 3.77. The molecule has 2 atom stereocenters. The highest BCUT2D eigenvalue weighted by Gasteiger charge is 2.31. The molecule has 0 radical (unpaired) electrons. The molecule has 1 aliphatic carbocycles. The Hall–Kier alpha value is -0.300. The zero-order chi connectivity index (χ0) is 7.40. The first-order valence-corrected chi connectivity index (χ1v) is 4.19. The van der Waals surface area contributed by atoms with Crippen molar-refractivity contribution in [1.82, 2.24) is 5.32 Å². The molecule has 10 heavy (non-hydrogen) atoms. The molecule has 1 saturated carbocycles. The molecule has 1 nitrogen and oxygen atoms in total. The summed E-state index contributed by atoms with van der Waals surface area (Å²) in [6.07, 6.45) is 5.76. The molecule has 0 aliphatic heterocycles. The van der Waals surface area contributed by atoms with Crippen LogP contribution in [-0.4, -0.2) is 12.6 Å². The number of rotatable bonds is 5. The van der Waals surface area contributed by atoms with E-state index >= 15 is 0 Å². The maximum atomic E-state index is 3.68. The van der Waals surface area contributed by atoms with Gasteiger partial charge in [-0.2, -0.15) is 0 Å². The number of hydrogen-bond donors (Lipinski definition) is 1. The molecule has 1 heteroatoms. The van der Waals surface area contributed by atoms with Crippen LogP contribution >= 0.6 is 0 Å². The van der Waals surface area contributed by atoms with Gasteiger partial charge in [-0.15, -0.1) is 6.58 Å². The van der Waals surface area contributed by atoms with Gasteiger partial charge in [0, 0.05) is 6.04 Å². The van der Waals surface area contributed by atoms with Gasteiger partial charge in [-0.3, -0.25) is 0 Å². The predicted molar refractivity (Wildman–Crippen MR) is 45.0 cm³/mol. The van der Waals surface area contributed by atoms with E-state index in [0.29, 0.717) is 0 Å². The zero-order valence-electron chi connectivity index (χ0n) is 6.77. The van der Waals surface area contributed by atoms with Gasteiger partial charge in [0.1, 0.15) is 0 Å². The molecule has 1 N–H and O–H groups in total.